The predicted octanol–water partition coefficient (Wildman–Crippen LogP) is 2.38. The number of alkyl halides is 1. The van der Waals surface area contributed by atoms with Crippen LogP contribution in [0.4, 0.5) is 13.6 Å². The first-order chi connectivity index (χ1) is 15.2. The van der Waals surface area contributed by atoms with Crippen LogP contribution in [0.2, 0.25) is 0 Å². The second-order valence-corrected chi connectivity index (χ2v) is 6.61. The normalized spacial score (nSPS) is 15.3. The fourth-order valence-corrected chi connectivity index (χ4v) is 2.93. The highest BCUT2D eigenvalue weighted by Gasteiger charge is 2.25. The smallest absolute Gasteiger partial charge is 0.413 e. The number of carbonyl (C=O) groups is 2. The summed E-state index contributed by atoms with van der Waals surface area (Å²) in [6, 6.07) is 2.85. The summed E-state index contributed by atoms with van der Waals surface area (Å²) in [4.78, 5) is 28.0. The van der Waals surface area contributed by atoms with Crippen LogP contribution in [0.1, 0.15) is 22.5 Å². The molecule has 32 heavy (non-hydrogen) atoms. The van der Waals surface area contributed by atoms with Crippen LogP contribution in [0.25, 0.3) is 11.3 Å². The molecule has 0 bridgehead atoms. The molecule has 2 aromatic heterocycles. The number of allylic oxidation sites excluding steroid dienone is 4. The summed E-state index contributed by atoms with van der Waals surface area (Å²) in [5.41, 5.74) is 0.320. The highest BCUT2D eigenvalue weighted by atomic mass is 19.1. The second kappa shape index (κ2) is 9.37. The fourth-order valence-electron chi connectivity index (χ4n) is 2.93. The van der Waals surface area contributed by atoms with Crippen molar-refractivity contribution in [3.8, 4) is 17.1 Å². The third kappa shape index (κ3) is 4.63. The van der Waals surface area contributed by atoms with Crippen LogP contribution in [0.5, 0.6) is 5.88 Å². The third-order valence-corrected chi connectivity index (χ3v) is 4.52. The summed E-state index contributed by atoms with van der Waals surface area (Å²) in [7, 11) is 4.28. The van der Waals surface area contributed by atoms with Crippen molar-refractivity contribution in [3.63, 3.8) is 0 Å². The van der Waals surface area contributed by atoms with Gasteiger partial charge in [0.25, 0.3) is 5.91 Å². The van der Waals surface area contributed by atoms with Crippen molar-refractivity contribution in [2.24, 2.45) is 7.05 Å². The minimum absolute atomic E-state index is 0.0454. The monoisotopic (exact) mass is 446 g/mol. The van der Waals surface area contributed by atoms with Gasteiger partial charge in [0.1, 0.15) is 12.0 Å². The summed E-state index contributed by atoms with van der Waals surface area (Å²) in [6.45, 7) is 0. The zero-order chi connectivity index (χ0) is 23.4. The van der Waals surface area contributed by atoms with E-state index in [0.29, 0.717) is 11.3 Å². The maximum absolute atomic E-state index is 14.0. The quantitative estimate of drug-likeness (QED) is 0.477. The average Bonchev–Trinajstić information content (AvgIpc) is 3.17. The molecule has 2 heterocycles. The van der Waals surface area contributed by atoms with Crippen molar-refractivity contribution in [3.05, 3.63) is 53.3 Å². The highest BCUT2D eigenvalue weighted by molar-refractivity contribution is 5.99. The van der Waals surface area contributed by atoms with E-state index in [-0.39, 0.29) is 23.6 Å². The Morgan fingerprint density at radius 3 is 2.75 bits per heavy atom. The molecule has 0 aromatic carbocycles. The Morgan fingerprint density at radius 1 is 1.34 bits per heavy atom. The van der Waals surface area contributed by atoms with Crippen molar-refractivity contribution >= 4 is 17.9 Å². The van der Waals surface area contributed by atoms with Crippen LogP contribution in [0.3, 0.4) is 0 Å². The standard InChI is InChI=1S/C20H20F2N6O4/c1-24-20(30)32-17(23)10-7-11(19(31-3)25-9-10)15-8-14(27-28(15)2)18(29)26-16-12(21)5-4-6-13(16)22/h4-5,7-9,13,23H,6H2,1-3H3,(H,24,30)(H,26,29). The summed E-state index contributed by atoms with van der Waals surface area (Å²) < 4.78 is 39.3. The van der Waals surface area contributed by atoms with E-state index in [9.17, 15) is 18.4 Å². The summed E-state index contributed by atoms with van der Waals surface area (Å²) in [5.74, 6) is -1.95. The Hall–Kier alpha value is -4.09. The van der Waals surface area contributed by atoms with Gasteiger partial charge in [0, 0.05) is 26.7 Å². The summed E-state index contributed by atoms with van der Waals surface area (Å²) in [5, 5.41) is 16.5. The number of amides is 2. The molecule has 2 aromatic rings. The molecule has 0 fully saturated rings. The molecule has 1 atom stereocenters. The van der Waals surface area contributed by atoms with E-state index in [1.54, 1.807) is 7.05 Å². The Balaban J connectivity index is 1.93. The Kier molecular flexibility index (Phi) is 6.61. The van der Waals surface area contributed by atoms with Crippen molar-refractivity contribution < 1.29 is 27.8 Å². The Morgan fingerprint density at radius 2 is 2.09 bits per heavy atom. The number of aryl methyl sites for hydroxylation is 1. The number of halogens is 2. The molecule has 3 N–H and O–H groups in total. The number of carbonyl (C=O) groups excluding carboxylic acids is 2. The van der Waals surface area contributed by atoms with E-state index < -0.39 is 35.6 Å². The van der Waals surface area contributed by atoms with Crippen LogP contribution in [-0.2, 0) is 11.8 Å². The van der Waals surface area contributed by atoms with Gasteiger partial charge in [0.2, 0.25) is 11.8 Å². The van der Waals surface area contributed by atoms with Gasteiger partial charge in [-0.05, 0) is 18.2 Å². The number of hydrogen-bond acceptors (Lipinski definition) is 7. The molecule has 0 saturated carbocycles. The van der Waals surface area contributed by atoms with Gasteiger partial charge in [0.15, 0.2) is 5.69 Å². The van der Waals surface area contributed by atoms with Gasteiger partial charge in [0.05, 0.1) is 29.6 Å². The highest BCUT2D eigenvalue weighted by Crippen LogP contribution is 2.30. The maximum Gasteiger partial charge on any atom is 0.413 e. The number of hydrogen-bond donors (Lipinski definition) is 3. The molecule has 0 spiro atoms. The molecular weight excluding hydrogens is 426 g/mol. The van der Waals surface area contributed by atoms with Crippen molar-refractivity contribution in [1.29, 1.82) is 5.41 Å². The first-order valence-corrected chi connectivity index (χ1v) is 9.33. The van der Waals surface area contributed by atoms with Gasteiger partial charge in [-0.25, -0.2) is 18.6 Å². The molecule has 0 radical (unpaired) electrons. The number of nitrogens with one attached hydrogen (secondary N) is 3. The minimum Gasteiger partial charge on any atom is -0.481 e. The van der Waals surface area contributed by atoms with Gasteiger partial charge >= 0.3 is 6.09 Å². The average molecular weight is 446 g/mol. The Bertz CT molecular complexity index is 1140. The van der Waals surface area contributed by atoms with Crippen LogP contribution in [0, 0.1) is 5.41 Å². The lowest BCUT2D eigenvalue weighted by Gasteiger charge is -2.15. The number of ether oxygens (including phenoxy) is 2. The Labute approximate surface area is 181 Å². The molecule has 3 rings (SSSR count). The number of nitrogens with zero attached hydrogens (tertiary/aromatic N) is 3. The molecule has 2 amide bonds. The first-order valence-electron chi connectivity index (χ1n) is 9.33. The fraction of sp³-hybridized carbons (Fsp3) is 0.250. The second-order valence-electron chi connectivity index (χ2n) is 6.61. The molecule has 0 aliphatic heterocycles. The molecule has 168 valence electrons. The van der Waals surface area contributed by atoms with Crippen molar-refractivity contribution in [2.75, 3.05) is 14.2 Å². The molecule has 1 aliphatic rings. The zero-order valence-corrected chi connectivity index (χ0v) is 17.4. The minimum atomic E-state index is -1.67. The SMILES string of the molecule is CNC(=O)OC(=N)c1cnc(OC)c(-c2cc(C(=O)NC3=C(F)C=CCC3F)nn2C)c1. The summed E-state index contributed by atoms with van der Waals surface area (Å²) >= 11 is 0. The van der Waals surface area contributed by atoms with Crippen LogP contribution in [-0.4, -0.2) is 53.0 Å². The molecule has 0 saturated heterocycles. The van der Waals surface area contributed by atoms with E-state index >= 15 is 0 Å². The zero-order valence-electron chi connectivity index (χ0n) is 17.4. The van der Waals surface area contributed by atoms with Crippen molar-refractivity contribution in [1.82, 2.24) is 25.4 Å². The lowest BCUT2D eigenvalue weighted by atomic mass is 10.1. The van der Waals surface area contributed by atoms with Gasteiger partial charge in [-0.1, -0.05) is 6.08 Å². The van der Waals surface area contributed by atoms with Gasteiger partial charge in [-0.2, -0.15) is 5.10 Å². The van der Waals surface area contributed by atoms with Gasteiger partial charge in [-0.3, -0.25) is 14.9 Å². The first kappa shape index (κ1) is 22.6. The molecule has 12 heteroatoms. The number of alkyl carbamates (subject to hydrolysis) is 1. The van der Waals surface area contributed by atoms with E-state index in [4.69, 9.17) is 14.9 Å². The molecular formula is C20H20F2N6O4. The predicted molar refractivity (Wildman–Crippen MR) is 110 cm³/mol. The van der Waals surface area contributed by atoms with Gasteiger partial charge < -0.3 is 20.1 Å². The van der Waals surface area contributed by atoms with Crippen LogP contribution in [0.15, 0.2) is 42.0 Å². The van der Waals surface area contributed by atoms with Crippen LogP contribution < -0.4 is 15.4 Å². The largest absolute Gasteiger partial charge is 0.481 e. The van der Waals surface area contributed by atoms with Crippen LogP contribution >= 0.6 is 0 Å². The number of pyridine rings is 1. The lowest BCUT2D eigenvalue weighted by Crippen LogP contribution is -2.30. The lowest BCUT2D eigenvalue weighted by molar-refractivity contribution is 0.0951. The molecule has 1 unspecified atom stereocenters. The molecule has 1 aliphatic carbocycles. The van der Waals surface area contributed by atoms with E-state index in [1.165, 1.54) is 43.2 Å². The topological polar surface area (TPSA) is 131 Å². The van der Waals surface area contributed by atoms with Crippen molar-refractivity contribution in [2.45, 2.75) is 12.6 Å². The van der Waals surface area contributed by atoms with E-state index in [2.05, 4.69) is 20.7 Å². The number of methoxy groups -OCH3 is 1. The number of aromatic nitrogens is 3. The summed E-state index contributed by atoms with van der Waals surface area (Å²) in [6.07, 6.45) is 1.18. The third-order valence-electron chi connectivity index (χ3n) is 4.52. The van der Waals surface area contributed by atoms with Gasteiger partial charge in [-0.15, -0.1) is 0 Å². The van der Waals surface area contributed by atoms with E-state index in [1.807, 2.05) is 0 Å². The number of rotatable bonds is 5. The molecule has 10 nitrogen and oxygen atoms in total. The maximum atomic E-state index is 14.0. The van der Waals surface area contributed by atoms with E-state index in [0.717, 1.165) is 6.08 Å².